The summed E-state index contributed by atoms with van der Waals surface area (Å²) in [5.74, 6) is -0.154. The summed E-state index contributed by atoms with van der Waals surface area (Å²) in [7, 11) is 0. The van der Waals surface area contributed by atoms with Crippen molar-refractivity contribution in [3.8, 4) is 16.9 Å². The van der Waals surface area contributed by atoms with E-state index in [4.69, 9.17) is 51.5 Å². The second kappa shape index (κ2) is 10.9. The fraction of sp³-hybridized carbons (Fsp3) is 0.120. The first kappa shape index (κ1) is 25.3. The molecule has 0 radical (unpaired) electrons. The van der Waals surface area contributed by atoms with Crippen LogP contribution in [0.15, 0.2) is 66.7 Å². The Bertz CT molecular complexity index is 1360. The largest absolute Gasteiger partial charge is 0.351 e. The summed E-state index contributed by atoms with van der Waals surface area (Å²) >= 11 is 26.9. The molecule has 9 heteroatoms. The molecular weight excluding hydrogens is 627 g/mol. The Labute approximate surface area is 231 Å². The van der Waals surface area contributed by atoms with Gasteiger partial charge in [-0.1, -0.05) is 93.3 Å². The number of nitrogens with one attached hydrogen (secondary N) is 1. The lowest BCUT2D eigenvalue weighted by atomic mass is 10.0. The highest BCUT2D eigenvalue weighted by atomic mass is 127. The number of benzene rings is 3. The molecule has 4 aromatic rings. The number of nitrogens with zero attached hydrogens (tertiary/aromatic N) is 2. The molecule has 4 nitrogen and oxygen atoms in total. The maximum atomic E-state index is 13.0. The van der Waals surface area contributed by atoms with Crippen LogP contribution in [-0.4, -0.2) is 15.7 Å². The van der Waals surface area contributed by atoms with Crippen LogP contribution in [0.3, 0.4) is 0 Å². The van der Waals surface area contributed by atoms with Gasteiger partial charge in [-0.3, -0.25) is 4.79 Å². The molecule has 0 aliphatic rings. The fourth-order valence-corrected chi connectivity index (χ4v) is 5.22. The predicted molar refractivity (Wildman–Crippen MR) is 149 cm³/mol. The molecule has 0 aliphatic carbocycles. The Morgan fingerprint density at radius 3 is 2.32 bits per heavy atom. The van der Waals surface area contributed by atoms with Crippen LogP contribution in [-0.2, 0) is 11.3 Å². The minimum Gasteiger partial charge on any atom is -0.351 e. The van der Waals surface area contributed by atoms with Crippen LogP contribution < -0.4 is 5.32 Å². The third-order valence-electron chi connectivity index (χ3n) is 5.24. The van der Waals surface area contributed by atoms with E-state index in [1.54, 1.807) is 22.9 Å². The second-order valence-electron chi connectivity index (χ2n) is 7.58. The Morgan fingerprint density at radius 1 is 0.971 bits per heavy atom. The summed E-state index contributed by atoms with van der Waals surface area (Å²) in [5, 5.41) is 10.0. The average molecular weight is 645 g/mol. The monoisotopic (exact) mass is 643 g/mol. The minimum atomic E-state index is -0.532. The van der Waals surface area contributed by atoms with Crippen molar-refractivity contribution >= 4 is 74.9 Å². The van der Waals surface area contributed by atoms with E-state index in [0.717, 1.165) is 22.4 Å². The molecule has 1 unspecified atom stereocenters. The molecule has 0 spiro atoms. The Hall–Kier alpha value is -1.77. The van der Waals surface area contributed by atoms with E-state index in [1.165, 1.54) is 0 Å². The molecule has 3 aromatic carbocycles. The lowest BCUT2D eigenvalue weighted by molar-refractivity contribution is -0.120. The number of carbonyl (C=O) groups is 1. The van der Waals surface area contributed by atoms with Gasteiger partial charge in [0.25, 0.3) is 0 Å². The zero-order valence-electron chi connectivity index (χ0n) is 17.8. The molecule has 0 aliphatic heterocycles. The van der Waals surface area contributed by atoms with Gasteiger partial charge in [0, 0.05) is 32.7 Å². The van der Waals surface area contributed by atoms with E-state index in [2.05, 4.69) is 27.9 Å². The molecule has 0 bridgehead atoms. The van der Waals surface area contributed by atoms with Gasteiger partial charge in [-0.15, -0.1) is 0 Å². The van der Waals surface area contributed by atoms with Gasteiger partial charge in [0.2, 0.25) is 5.91 Å². The minimum absolute atomic E-state index is 0.154. The molecule has 1 heterocycles. The molecule has 4 rings (SSSR count). The maximum Gasteiger partial charge on any atom is 0.239 e. The van der Waals surface area contributed by atoms with Crippen LogP contribution in [0.5, 0.6) is 0 Å². The zero-order valence-corrected chi connectivity index (χ0v) is 23.0. The van der Waals surface area contributed by atoms with Crippen LogP contribution in [0.1, 0.15) is 20.7 Å². The van der Waals surface area contributed by atoms with E-state index in [9.17, 15) is 4.79 Å². The third-order valence-corrected chi connectivity index (χ3v) is 7.42. The van der Waals surface area contributed by atoms with Gasteiger partial charge in [-0.2, -0.15) is 5.10 Å². The van der Waals surface area contributed by atoms with Gasteiger partial charge >= 0.3 is 0 Å². The van der Waals surface area contributed by atoms with Crippen molar-refractivity contribution in [2.24, 2.45) is 0 Å². The van der Waals surface area contributed by atoms with Crippen LogP contribution >= 0.6 is 69.0 Å². The molecule has 0 saturated heterocycles. The molecule has 0 saturated carbocycles. The Kier molecular flexibility index (Phi) is 8.10. The number of hydrogen-bond donors (Lipinski definition) is 1. The summed E-state index contributed by atoms with van der Waals surface area (Å²) in [5.41, 5.74) is 4.80. The van der Waals surface area contributed by atoms with Crippen molar-refractivity contribution in [3.05, 3.63) is 104 Å². The maximum absolute atomic E-state index is 13.0. The molecular formula is C25H18Cl4IN3O. The quantitative estimate of drug-likeness (QED) is 0.170. The van der Waals surface area contributed by atoms with E-state index >= 15 is 0 Å². The molecule has 1 atom stereocenters. The van der Waals surface area contributed by atoms with E-state index in [1.807, 2.05) is 55.5 Å². The number of hydrogen-bond acceptors (Lipinski definition) is 2. The van der Waals surface area contributed by atoms with Crippen molar-refractivity contribution in [2.45, 2.75) is 17.4 Å². The van der Waals surface area contributed by atoms with Crippen LogP contribution in [0.4, 0.5) is 0 Å². The predicted octanol–water partition coefficient (Wildman–Crippen LogP) is 8.25. The number of alkyl halides is 1. The first-order valence-corrected chi connectivity index (χ1v) is 13.0. The SMILES string of the molecule is Cc1c(C(I)C(=O)NCc2cccc(Cl)c2)nn(-c2ccc(Cl)cc2Cl)c1-c1ccc(Cl)cc1. The summed E-state index contributed by atoms with van der Waals surface area (Å²) in [6, 6.07) is 20.1. The topological polar surface area (TPSA) is 46.9 Å². The van der Waals surface area contributed by atoms with E-state index in [-0.39, 0.29) is 5.91 Å². The zero-order chi connectivity index (χ0) is 24.4. The van der Waals surface area contributed by atoms with Crippen molar-refractivity contribution in [1.29, 1.82) is 0 Å². The number of rotatable bonds is 6. The highest BCUT2D eigenvalue weighted by Crippen LogP contribution is 2.37. The van der Waals surface area contributed by atoms with Crippen LogP contribution in [0.25, 0.3) is 16.9 Å². The molecule has 1 N–H and O–H groups in total. The number of halogens is 5. The standard InChI is InChI=1S/C25H18Cl4IN3O/c1-14-23(22(30)25(34)31-13-15-3-2-4-18(27)11-15)32-33(21-10-9-19(28)12-20(21)29)24(14)16-5-7-17(26)8-6-16/h2-12,22H,13H2,1H3,(H,31,34). The fourth-order valence-electron chi connectivity index (χ4n) is 3.58. The van der Waals surface area contributed by atoms with Crippen molar-refractivity contribution in [1.82, 2.24) is 15.1 Å². The molecule has 34 heavy (non-hydrogen) atoms. The van der Waals surface area contributed by atoms with Gasteiger partial charge in [0.05, 0.1) is 22.1 Å². The highest BCUT2D eigenvalue weighted by molar-refractivity contribution is 14.1. The summed E-state index contributed by atoms with van der Waals surface area (Å²) in [6.45, 7) is 2.31. The lowest BCUT2D eigenvalue weighted by Crippen LogP contribution is -2.26. The van der Waals surface area contributed by atoms with Crippen molar-refractivity contribution < 1.29 is 4.79 Å². The van der Waals surface area contributed by atoms with Gasteiger partial charge in [-0.25, -0.2) is 4.68 Å². The summed E-state index contributed by atoms with van der Waals surface area (Å²) in [6.07, 6.45) is 0. The van der Waals surface area contributed by atoms with Crippen molar-refractivity contribution in [3.63, 3.8) is 0 Å². The van der Waals surface area contributed by atoms with Crippen molar-refractivity contribution in [2.75, 3.05) is 0 Å². The Morgan fingerprint density at radius 2 is 1.65 bits per heavy atom. The Balaban J connectivity index is 1.72. The van der Waals surface area contributed by atoms with Gasteiger partial charge in [-0.05, 0) is 55.0 Å². The van der Waals surface area contributed by atoms with Gasteiger partial charge in [0.1, 0.15) is 3.92 Å². The summed E-state index contributed by atoms with van der Waals surface area (Å²) in [4.78, 5) is 13.0. The van der Waals surface area contributed by atoms with Crippen LogP contribution in [0.2, 0.25) is 20.1 Å². The molecule has 174 valence electrons. The molecule has 1 aromatic heterocycles. The second-order valence-corrected chi connectivity index (χ2v) is 10.5. The number of amides is 1. The molecule has 1 amide bonds. The van der Waals surface area contributed by atoms with Gasteiger partial charge < -0.3 is 5.32 Å². The number of carbonyl (C=O) groups excluding carboxylic acids is 1. The van der Waals surface area contributed by atoms with Gasteiger partial charge in [0.15, 0.2) is 0 Å². The van der Waals surface area contributed by atoms with E-state index < -0.39 is 3.92 Å². The third kappa shape index (κ3) is 5.55. The number of aromatic nitrogens is 2. The van der Waals surface area contributed by atoms with E-state index in [0.29, 0.717) is 38.0 Å². The highest BCUT2D eigenvalue weighted by Gasteiger charge is 2.27. The average Bonchev–Trinajstić information content (AvgIpc) is 3.14. The smallest absolute Gasteiger partial charge is 0.239 e. The first-order valence-electron chi connectivity index (χ1n) is 10.2. The summed E-state index contributed by atoms with van der Waals surface area (Å²) < 4.78 is 1.22. The lowest BCUT2D eigenvalue weighted by Gasteiger charge is -2.11. The first-order chi connectivity index (χ1) is 16.2. The normalized spacial score (nSPS) is 11.9. The van der Waals surface area contributed by atoms with Crippen LogP contribution in [0, 0.1) is 6.92 Å². The molecule has 0 fully saturated rings.